The molecule has 0 aliphatic carbocycles. The molecule has 0 saturated carbocycles. The Morgan fingerprint density at radius 3 is 2.81 bits per heavy atom. The van der Waals surface area contributed by atoms with Gasteiger partial charge in [-0.05, 0) is 43.1 Å². The lowest BCUT2D eigenvalue weighted by Crippen LogP contribution is -2.19. The lowest BCUT2D eigenvalue weighted by atomic mass is 10.2. The van der Waals surface area contributed by atoms with Crippen LogP contribution in [0.5, 0.6) is 11.5 Å². The van der Waals surface area contributed by atoms with E-state index in [0.29, 0.717) is 5.92 Å². The van der Waals surface area contributed by atoms with Crippen LogP contribution in [0.25, 0.3) is 0 Å². The quantitative estimate of drug-likeness (QED) is 0.822. The Balaban J connectivity index is 2.14. The highest BCUT2D eigenvalue weighted by Crippen LogP contribution is 2.29. The number of rotatable bonds is 6. The smallest absolute Gasteiger partial charge is 0.135 e. The molecule has 4 heteroatoms. The molecule has 0 radical (unpaired) electrons. The Morgan fingerprint density at radius 2 is 2.05 bits per heavy atom. The Labute approximate surface area is 134 Å². The summed E-state index contributed by atoms with van der Waals surface area (Å²) in [7, 11) is 0. The second-order valence-electron chi connectivity index (χ2n) is 5.52. The Kier molecular flexibility index (Phi) is 5.76. The van der Waals surface area contributed by atoms with Crippen LogP contribution < -0.4 is 10.1 Å². The van der Waals surface area contributed by atoms with E-state index in [0.717, 1.165) is 40.2 Å². The van der Waals surface area contributed by atoms with Crippen molar-refractivity contribution in [3.63, 3.8) is 0 Å². The van der Waals surface area contributed by atoms with E-state index < -0.39 is 0 Å². The first-order valence-electron chi connectivity index (χ1n) is 7.14. The molecule has 0 aliphatic rings. The molecule has 1 aromatic heterocycles. The molecule has 112 valence electrons. The van der Waals surface area contributed by atoms with Crippen LogP contribution >= 0.6 is 15.9 Å². The fourth-order valence-electron chi connectivity index (χ4n) is 1.94. The van der Waals surface area contributed by atoms with Gasteiger partial charge in [-0.15, -0.1) is 0 Å². The summed E-state index contributed by atoms with van der Waals surface area (Å²) in [4.78, 5) is 4.20. The Hall–Kier alpha value is -1.39. The summed E-state index contributed by atoms with van der Waals surface area (Å²) in [5.74, 6) is 2.33. The van der Waals surface area contributed by atoms with Crippen LogP contribution in [0.1, 0.15) is 25.0 Å². The van der Waals surface area contributed by atoms with Crippen molar-refractivity contribution < 1.29 is 4.74 Å². The van der Waals surface area contributed by atoms with Crippen molar-refractivity contribution in [2.45, 2.75) is 27.3 Å². The van der Waals surface area contributed by atoms with Crippen molar-refractivity contribution in [3.05, 3.63) is 52.3 Å². The molecule has 2 rings (SSSR count). The van der Waals surface area contributed by atoms with Crippen molar-refractivity contribution in [1.82, 2.24) is 10.3 Å². The molecule has 0 fully saturated rings. The molecule has 1 aromatic carbocycles. The summed E-state index contributed by atoms with van der Waals surface area (Å²) in [5.41, 5.74) is 2.17. The number of nitrogens with zero attached hydrogens (tertiary/aromatic N) is 1. The van der Waals surface area contributed by atoms with Crippen molar-refractivity contribution in [2.24, 2.45) is 5.92 Å². The van der Waals surface area contributed by atoms with Crippen molar-refractivity contribution in [3.8, 4) is 11.5 Å². The van der Waals surface area contributed by atoms with Crippen LogP contribution in [0.2, 0.25) is 0 Å². The van der Waals surface area contributed by atoms with E-state index in [1.165, 1.54) is 0 Å². The second-order valence-corrected chi connectivity index (χ2v) is 6.44. The topological polar surface area (TPSA) is 34.1 Å². The predicted molar refractivity (Wildman–Crippen MR) is 89.7 cm³/mol. The summed E-state index contributed by atoms with van der Waals surface area (Å²) in [6.07, 6.45) is 3.62. The standard InChI is InChI=1S/C17H21BrN2O/c1-12(2)9-20-11-14-10-19-7-6-16(14)21-17-8-15(18)5-4-13(17)3/h4-8,10,12,20H,9,11H2,1-3H3. The number of hydrogen-bond donors (Lipinski definition) is 1. The molecular weight excluding hydrogens is 328 g/mol. The van der Waals surface area contributed by atoms with Gasteiger partial charge in [-0.1, -0.05) is 35.8 Å². The van der Waals surface area contributed by atoms with E-state index in [-0.39, 0.29) is 0 Å². The second kappa shape index (κ2) is 7.57. The maximum Gasteiger partial charge on any atom is 0.135 e. The summed E-state index contributed by atoms with van der Waals surface area (Å²) in [5, 5.41) is 3.42. The minimum Gasteiger partial charge on any atom is -0.457 e. The molecule has 1 N–H and O–H groups in total. The largest absolute Gasteiger partial charge is 0.457 e. The normalized spacial score (nSPS) is 10.9. The third-order valence-electron chi connectivity index (χ3n) is 3.10. The van der Waals surface area contributed by atoms with E-state index in [2.05, 4.69) is 40.1 Å². The minimum atomic E-state index is 0.623. The average Bonchev–Trinajstić information content (AvgIpc) is 2.44. The van der Waals surface area contributed by atoms with Gasteiger partial charge in [0.1, 0.15) is 11.5 Å². The van der Waals surface area contributed by atoms with Gasteiger partial charge in [-0.2, -0.15) is 0 Å². The zero-order chi connectivity index (χ0) is 15.2. The number of halogens is 1. The average molecular weight is 349 g/mol. The molecule has 0 atom stereocenters. The molecular formula is C17H21BrN2O. The van der Waals surface area contributed by atoms with Gasteiger partial charge in [0.15, 0.2) is 0 Å². The highest BCUT2D eigenvalue weighted by Gasteiger charge is 2.07. The minimum absolute atomic E-state index is 0.623. The van der Waals surface area contributed by atoms with Gasteiger partial charge >= 0.3 is 0 Å². The van der Waals surface area contributed by atoms with Gasteiger partial charge in [0.05, 0.1) is 0 Å². The fraction of sp³-hybridized carbons (Fsp3) is 0.353. The number of aromatic nitrogens is 1. The summed E-state index contributed by atoms with van der Waals surface area (Å²) >= 11 is 3.48. The van der Waals surface area contributed by atoms with Crippen LogP contribution in [0.15, 0.2) is 41.1 Å². The van der Waals surface area contributed by atoms with Crippen LogP contribution in [0.4, 0.5) is 0 Å². The van der Waals surface area contributed by atoms with Crippen LogP contribution in [0, 0.1) is 12.8 Å². The van der Waals surface area contributed by atoms with E-state index in [4.69, 9.17) is 4.74 Å². The maximum atomic E-state index is 6.07. The molecule has 21 heavy (non-hydrogen) atoms. The zero-order valence-corrected chi connectivity index (χ0v) is 14.3. The van der Waals surface area contributed by atoms with Crippen molar-refractivity contribution in [1.29, 1.82) is 0 Å². The molecule has 2 aromatic rings. The molecule has 0 amide bonds. The van der Waals surface area contributed by atoms with Crippen LogP contribution in [-0.4, -0.2) is 11.5 Å². The number of ether oxygens (including phenoxy) is 1. The highest BCUT2D eigenvalue weighted by atomic mass is 79.9. The Bertz CT molecular complexity index is 599. The molecule has 0 aliphatic heterocycles. The van der Waals surface area contributed by atoms with Crippen molar-refractivity contribution >= 4 is 15.9 Å². The lowest BCUT2D eigenvalue weighted by molar-refractivity contribution is 0.464. The van der Waals surface area contributed by atoms with Crippen LogP contribution in [-0.2, 0) is 6.54 Å². The maximum absolute atomic E-state index is 6.07. The monoisotopic (exact) mass is 348 g/mol. The Morgan fingerprint density at radius 1 is 1.24 bits per heavy atom. The third kappa shape index (κ3) is 4.83. The molecule has 0 spiro atoms. The SMILES string of the molecule is Cc1ccc(Br)cc1Oc1ccncc1CNCC(C)C. The van der Waals surface area contributed by atoms with Gasteiger partial charge in [0.25, 0.3) is 0 Å². The summed E-state index contributed by atoms with van der Waals surface area (Å²) in [6, 6.07) is 7.95. The molecule has 0 saturated heterocycles. The number of nitrogens with one attached hydrogen (secondary N) is 1. The lowest BCUT2D eigenvalue weighted by Gasteiger charge is -2.14. The first-order valence-corrected chi connectivity index (χ1v) is 7.93. The number of aryl methyl sites for hydroxylation is 1. The van der Waals surface area contributed by atoms with Gasteiger partial charge in [0, 0.05) is 29.0 Å². The number of benzene rings is 1. The van der Waals surface area contributed by atoms with E-state index >= 15 is 0 Å². The van der Waals surface area contributed by atoms with Crippen LogP contribution in [0.3, 0.4) is 0 Å². The predicted octanol–water partition coefficient (Wildman–Crippen LogP) is 4.69. The van der Waals surface area contributed by atoms with Gasteiger partial charge in [0.2, 0.25) is 0 Å². The highest BCUT2D eigenvalue weighted by molar-refractivity contribution is 9.10. The molecule has 0 bridgehead atoms. The molecule has 0 unspecified atom stereocenters. The van der Waals surface area contributed by atoms with E-state index in [1.807, 2.05) is 37.4 Å². The zero-order valence-electron chi connectivity index (χ0n) is 12.7. The summed E-state index contributed by atoms with van der Waals surface area (Å²) in [6.45, 7) is 8.16. The number of hydrogen-bond acceptors (Lipinski definition) is 3. The molecule has 3 nitrogen and oxygen atoms in total. The molecule has 1 heterocycles. The van der Waals surface area contributed by atoms with E-state index in [9.17, 15) is 0 Å². The first kappa shape index (κ1) is 16.0. The van der Waals surface area contributed by atoms with E-state index in [1.54, 1.807) is 6.20 Å². The summed E-state index contributed by atoms with van der Waals surface area (Å²) < 4.78 is 7.08. The number of pyridine rings is 1. The first-order chi connectivity index (χ1) is 10.1. The van der Waals surface area contributed by atoms with Gasteiger partial charge in [-0.25, -0.2) is 0 Å². The van der Waals surface area contributed by atoms with Gasteiger partial charge in [-0.3, -0.25) is 4.98 Å². The van der Waals surface area contributed by atoms with Gasteiger partial charge < -0.3 is 10.1 Å². The van der Waals surface area contributed by atoms with Crippen molar-refractivity contribution in [2.75, 3.05) is 6.54 Å². The third-order valence-corrected chi connectivity index (χ3v) is 3.59. The fourth-order valence-corrected chi connectivity index (χ4v) is 2.28.